The van der Waals surface area contributed by atoms with Gasteiger partial charge >= 0.3 is 0 Å². The van der Waals surface area contributed by atoms with E-state index in [1.807, 2.05) is 19.0 Å². The van der Waals surface area contributed by atoms with Crippen molar-refractivity contribution in [3.63, 3.8) is 0 Å². The lowest BCUT2D eigenvalue weighted by Crippen LogP contribution is -2.37. The first-order valence-corrected chi connectivity index (χ1v) is 7.72. The van der Waals surface area contributed by atoms with Crippen molar-refractivity contribution in [1.82, 2.24) is 4.90 Å². The second-order valence-electron chi connectivity index (χ2n) is 7.67. The van der Waals surface area contributed by atoms with Crippen molar-refractivity contribution in [2.45, 2.75) is 58.7 Å². The summed E-state index contributed by atoms with van der Waals surface area (Å²) < 4.78 is 6.15. The summed E-state index contributed by atoms with van der Waals surface area (Å²) in [4.78, 5) is 2.02. The first kappa shape index (κ1) is 15.3. The van der Waals surface area contributed by atoms with Gasteiger partial charge in [0, 0.05) is 13.2 Å². The van der Waals surface area contributed by atoms with E-state index in [2.05, 4.69) is 20.8 Å². The third-order valence-corrected chi connectivity index (χ3v) is 6.06. The van der Waals surface area contributed by atoms with Gasteiger partial charge in [-0.25, -0.2) is 0 Å². The zero-order valence-corrected chi connectivity index (χ0v) is 13.3. The van der Waals surface area contributed by atoms with Crippen LogP contribution >= 0.6 is 0 Å². The molecule has 0 aromatic carbocycles. The van der Waals surface area contributed by atoms with Gasteiger partial charge in [-0.15, -0.1) is 0 Å². The van der Waals surface area contributed by atoms with Crippen molar-refractivity contribution in [3.8, 4) is 0 Å². The minimum Gasteiger partial charge on any atom is -0.392 e. The molecule has 0 amide bonds. The number of aliphatic hydroxyl groups excluding tert-OH is 1. The van der Waals surface area contributed by atoms with Gasteiger partial charge < -0.3 is 14.7 Å². The molecule has 112 valence electrons. The molecule has 2 aliphatic carbocycles. The van der Waals surface area contributed by atoms with Gasteiger partial charge in [0.05, 0.1) is 12.2 Å². The summed E-state index contributed by atoms with van der Waals surface area (Å²) in [6, 6.07) is 0. The second kappa shape index (κ2) is 5.34. The Kier molecular flexibility index (Phi) is 4.29. The summed E-state index contributed by atoms with van der Waals surface area (Å²) in [5.74, 6) is 0.828. The zero-order chi connectivity index (χ0) is 14.3. The molecule has 0 aromatic rings. The molecule has 0 heterocycles. The van der Waals surface area contributed by atoms with Crippen LogP contribution in [0.25, 0.3) is 0 Å². The highest BCUT2D eigenvalue weighted by Gasteiger charge is 2.61. The first-order valence-electron chi connectivity index (χ1n) is 7.72. The zero-order valence-electron chi connectivity index (χ0n) is 13.3. The van der Waals surface area contributed by atoms with Gasteiger partial charge in [-0.2, -0.15) is 0 Å². The Hall–Kier alpha value is -0.120. The summed E-state index contributed by atoms with van der Waals surface area (Å²) in [7, 11) is 3.98. The van der Waals surface area contributed by atoms with Crippen LogP contribution in [0.15, 0.2) is 0 Å². The van der Waals surface area contributed by atoms with E-state index < -0.39 is 0 Å². The van der Waals surface area contributed by atoms with Crippen molar-refractivity contribution in [3.05, 3.63) is 0 Å². The van der Waals surface area contributed by atoms with E-state index in [1.165, 1.54) is 19.3 Å². The molecule has 0 aliphatic heterocycles. The monoisotopic (exact) mass is 269 g/mol. The molecular formula is C16H31NO2. The van der Waals surface area contributed by atoms with Crippen LogP contribution in [0.5, 0.6) is 0 Å². The van der Waals surface area contributed by atoms with E-state index in [-0.39, 0.29) is 6.10 Å². The van der Waals surface area contributed by atoms with Crippen LogP contribution in [0.1, 0.15) is 46.5 Å². The summed E-state index contributed by atoms with van der Waals surface area (Å²) in [5, 5.41) is 9.87. The molecule has 2 aliphatic rings. The summed E-state index contributed by atoms with van der Waals surface area (Å²) in [5.41, 5.74) is 0.754. The molecule has 4 atom stereocenters. The molecule has 3 nitrogen and oxygen atoms in total. The number of likely N-dealkylation sites (N-methyl/N-ethyl adjacent to an activating group) is 1. The maximum atomic E-state index is 9.87. The van der Waals surface area contributed by atoms with E-state index >= 15 is 0 Å². The third-order valence-electron chi connectivity index (χ3n) is 6.06. The van der Waals surface area contributed by atoms with Gasteiger partial charge in [-0.3, -0.25) is 0 Å². The minimum atomic E-state index is -0.269. The summed E-state index contributed by atoms with van der Waals surface area (Å²) >= 11 is 0. The first-order chi connectivity index (χ1) is 8.77. The van der Waals surface area contributed by atoms with Gasteiger partial charge in [0.25, 0.3) is 0 Å². The molecule has 2 bridgehead atoms. The van der Waals surface area contributed by atoms with Crippen LogP contribution in [-0.2, 0) is 4.74 Å². The predicted octanol–water partition coefficient (Wildman–Crippen LogP) is 2.53. The van der Waals surface area contributed by atoms with Gasteiger partial charge in [0.1, 0.15) is 0 Å². The molecule has 2 fully saturated rings. The number of fused-ring (bicyclic) bond motifs is 2. The quantitative estimate of drug-likeness (QED) is 0.804. The van der Waals surface area contributed by atoms with Gasteiger partial charge in [-0.1, -0.05) is 20.8 Å². The topological polar surface area (TPSA) is 32.7 Å². The van der Waals surface area contributed by atoms with Gasteiger partial charge in [-0.05, 0) is 56.5 Å². The van der Waals surface area contributed by atoms with E-state index in [1.54, 1.807) is 0 Å². The molecule has 0 spiro atoms. The Balaban J connectivity index is 1.79. The van der Waals surface area contributed by atoms with Crippen molar-refractivity contribution in [2.75, 3.05) is 27.2 Å². The summed E-state index contributed by atoms with van der Waals surface area (Å²) in [6.45, 7) is 8.64. The molecule has 3 heteroatoms. The predicted molar refractivity (Wildman–Crippen MR) is 78.1 cm³/mol. The van der Waals surface area contributed by atoms with Crippen LogP contribution in [0.3, 0.4) is 0 Å². The fraction of sp³-hybridized carbons (Fsp3) is 1.00. The van der Waals surface area contributed by atoms with Crippen LogP contribution in [0, 0.1) is 16.7 Å². The fourth-order valence-electron chi connectivity index (χ4n) is 4.24. The Morgan fingerprint density at radius 2 is 2.00 bits per heavy atom. The van der Waals surface area contributed by atoms with Crippen LogP contribution in [0.4, 0.5) is 0 Å². The third kappa shape index (κ3) is 2.70. The lowest BCUT2D eigenvalue weighted by atomic mass is 9.70. The number of rotatable bonds is 6. The lowest BCUT2D eigenvalue weighted by molar-refractivity contribution is -0.0557. The lowest BCUT2D eigenvalue weighted by Gasteiger charge is -2.39. The average Bonchev–Trinajstić information content (AvgIpc) is 2.60. The van der Waals surface area contributed by atoms with Crippen molar-refractivity contribution >= 4 is 0 Å². The van der Waals surface area contributed by atoms with Crippen molar-refractivity contribution in [2.24, 2.45) is 16.7 Å². The number of aliphatic hydroxyl groups is 1. The number of hydrogen-bond acceptors (Lipinski definition) is 3. The highest BCUT2D eigenvalue weighted by atomic mass is 16.5. The molecule has 2 saturated carbocycles. The van der Waals surface area contributed by atoms with E-state index in [0.29, 0.717) is 23.5 Å². The van der Waals surface area contributed by atoms with Crippen LogP contribution in [0.2, 0.25) is 0 Å². The molecule has 0 radical (unpaired) electrons. The van der Waals surface area contributed by atoms with Crippen molar-refractivity contribution < 1.29 is 9.84 Å². The molecular weight excluding hydrogens is 238 g/mol. The van der Waals surface area contributed by atoms with Crippen LogP contribution < -0.4 is 0 Å². The Morgan fingerprint density at radius 3 is 2.47 bits per heavy atom. The second-order valence-corrected chi connectivity index (χ2v) is 7.67. The number of nitrogens with zero attached hydrogens (tertiary/aromatic N) is 1. The Bertz CT molecular complexity index is 316. The van der Waals surface area contributed by atoms with E-state index in [9.17, 15) is 5.11 Å². The largest absolute Gasteiger partial charge is 0.392 e. The highest BCUT2D eigenvalue weighted by Crippen LogP contribution is 2.66. The Morgan fingerprint density at radius 1 is 1.32 bits per heavy atom. The molecule has 1 N–H and O–H groups in total. The molecule has 0 saturated heterocycles. The van der Waals surface area contributed by atoms with Gasteiger partial charge in [0.15, 0.2) is 0 Å². The standard InChI is InChI=1S/C16H31NO2/c1-15(2)12-6-8-16(15,3)14(10-12)19-9-7-13(18)11-17(4)5/h12-14,18H,6-11H2,1-5H3/t12-,13-,14-,16-/m1/s1. The van der Waals surface area contributed by atoms with E-state index in [0.717, 1.165) is 18.9 Å². The van der Waals surface area contributed by atoms with Gasteiger partial charge in [0.2, 0.25) is 0 Å². The molecule has 19 heavy (non-hydrogen) atoms. The highest BCUT2D eigenvalue weighted by molar-refractivity contribution is 5.11. The minimum absolute atomic E-state index is 0.269. The molecule has 0 unspecified atom stereocenters. The summed E-state index contributed by atoms with van der Waals surface area (Å²) in [6.07, 6.45) is 4.76. The Labute approximate surface area is 118 Å². The number of ether oxygens (including phenoxy) is 1. The fourth-order valence-corrected chi connectivity index (χ4v) is 4.24. The van der Waals surface area contributed by atoms with E-state index in [4.69, 9.17) is 4.74 Å². The smallest absolute Gasteiger partial charge is 0.0688 e. The average molecular weight is 269 g/mol. The molecule has 0 aromatic heterocycles. The SMILES string of the molecule is CN(C)C[C@H](O)CCO[C@@H]1C[C@H]2CC[C@@]1(C)C2(C)C. The molecule has 2 rings (SSSR count). The normalized spacial score (nSPS) is 38.1. The van der Waals surface area contributed by atoms with Crippen molar-refractivity contribution in [1.29, 1.82) is 0 Å². The van der Waals surface area contributed by atoms with Crippen LogP contribution in [-0.4, -0.2) is 49.5 Å². The number of hydrogen-bond donors (Lipinski definition) is 1. The maximum absolute atomic E-state index is 9.87. The maximum Gasteiger partial charge on any atom is 0.0688 e.